The van der Waals surface area contributed by atoms with Crippen LogP contribution in [0.25, 0.3) is 0 Å². The second-order valence-corrected chi connectivity index (χ2v) is 2.87. The molecule has 3 nitrogen and oxygen atoms in total. The van der Waals surface area contributed by atoms with Crippen LogP contribution in [-0.4, -0.2) is 12.8 Å². The third-order valence-electron chi connectivity index (χ3n) is 1.82. The molecule has 1 radical (unpaired) electrons. The van der Waals surface area contributed by atoms with Crippen LogP contribution in [0.5, 0.6) is 0 Å². The molecule has 3 heteroatoms. The van der Waals surface area contributed by atoms with Crippen LogP contribution in [0.15, 0.2) is 30.3 Å². The Balaban J connectivity index is 2.49. The Morgan fingerprint density at radius 1 is 1.38 bits per heavy atom. The molecule has 0 fully saturated rings. The van der Waals surface area contributed by atoms with Gasteiger partial charge < -0.3 is 4.74 Å². The van der Waals surface area contributed by atoms with Crippen LogP contribution < -0.4 is 0 Å². The zero-order valence-electron chi connectivity index (χ0n) is 7.40. The molecule has 0 amide bonds. The lowest BCUT2D eigenvalue weighted by molar-refractivity contribution is 0.0640. The summed E-state index contributed by atoms with van der Waals surface area (Å²) in [7, 11) is 0. The Bertz CT molecular complexity index is 269. The highest BCUT2D eigenvalue weighted by Gasteiger charge is 2.07. The van der Waals surface area contributed by atoms with Crippen molar-refractivity contribution in [1.29, 1.82) is 0 Å². The van der Waals surface area contributed by atoms with E-state index in [9.17, 15) is 9.90 Å². The van der Waals surface area contributed by atoms with Crippen molar-refractivity contribution < 1.29 is 14.6 Å². The van der Waals surface area contributed by atoms with E-state index in [1.807, 2.05) is 37.3 Å². The fourth-order valence-corrected chi connectivity index (χ4v) is 1.07. The first kappa shape index (κ1) is 9.58. The van der Waals surface area contributed by atoms with E-state index in [1.54, 1.807) is 0 Å². The number of rotatable bonds is 3. The zero-order valence-corrected chi connectivity index (χ0v) is 7.40. The highest BCUT2D eigenvalue weighted by Crippen LogP contribution is 2.14. The summed E-state index contributed by atoms with van der Waals surface area (Å²) in [5.41, 5.74) is 1.06. The van der Waals surface area contributed by atoms with E-state index < -0.39 is 6.16 Å². The Hall–Kier alpha value is -1.51. The minimum absolute atomic E-state index is 0.0686. The van der Waals surface area contributed by atoms with E-state index in [1.165, 1.54) is 0 Å². The molecule has 0 aliphatic carbocycles. The number of hydrogen-bond donors (Lipinski definition) is 0. The van der Waals surface area contributed by atoms with Crippen LogP contribution >= 0.6 is 0 Å². The zero-order chi connectivity index (χ0) is 9.68. The number of benzene rings is 1. The van der Waals surface area contributed by atoms with Gasteiger partial charge in [-0.2, -0.15) is 9.90 Å². The van der Waals surface area contributed by atoms with Crippen LogP contribution in [0.3, 0.4) is 0 Å². The topological polar surface area (TPSA) is 46.2 Å². The molecule has 0 aromatic heterocycles. The monoisotopic (exact) mass is 179 g/mol. The molecule has 0 saturated carbocycles. The third-order valence-corrected chi connectivity index (χ3v) is 1.82. The fourth-order valence-electron chi connectivity index (χ4n) is 1.07. The first-order chi connectivity index (χ1) is 6.20. The van der Waals surface area contributed by atoms with E-state index in [4.69, 9.17) is 0 Å². The number of carbonyl (C=O) groups excluding carboxylic acids is 1. The lowest BCUT2D eigenvalue weighted by Gasteiger charge is -2.09. The van der Waals surface area contributed by atoms with E-state index >= 15 is 0 Å². The van der Waals surface area contributed by atoms with Gasteiger partial charge in [-0.25, -0.2) is 0 Å². The van der Waals surface area contributed by atoms with Gasteiger partial charge in [0, 0.05) is 5.92 Å². The molecule has 0 heterocycles. The number of hydrogen-bond acceptors (Lipinski definition) is 2. The van der Waals surface area contributed by atoms with E-state index in [0.717, 1.165) is 5.56 Å². The summed E-state index contributed by atoms with van der Waals surface area (Å²) in [6.07, 6.45) is -1.47. The molecule has 0 aliphatic rings. The highest BCUT2D eigenvalue weighted by molar-refractivity contribution is 5.56. The molecule has 1 aromatic carbocycles. The van der Waals surface area contributed by atoms with Crippen molar-refractivity contribution in [3.05, 3.63) is 35.9 Å². The van der Waals surface area contributed by atoms with E-state index in [2.05, 4.69) is 4.74 Å². The summed E-state index contributed by atoms with van der Waals surface area (Å²) in [5, 5.41) is 10.0. The summed E-state index contributed by atoms with van der Waals surface area (Å²) < 4.78 is 4.36. The van der Waals surface area contributed by atoms with Gasteiger partial charge in [-0.15, -0.1) is 0 Å². The van der Waals surface area contributed by atoms with Gasteiger partial charge in [-0.3, -0.25) is 0 Å². The van der Waals surface area contributed by atoms with Gasteiger partial charge in [-0.1, -0.05) is 37.3 Å². The molecule has 13 heavy (non-hydrogen) atoms. The molecule has 1 atom stereocenters. The summed E-state index contributed by atoms with van der Waals surface area (Å²) in [6.45, 7) is 2.05. The van der Waals surface area contributed by atoms with Crippen LogP contribution in [0.4, 0.5) is 4.79 Å². The Kier molecular flexibility index (Phi) is 3.31. The van der Waals surface area contributed by atoms with Gasteiger partial charge in [0.2, 0.25) is 0 Å². The quantitative estimate of drug-likeness (QED) is 0.668. The van der Waals surface area contributed by atoms with Crippen molar-refractivity contribution in [1.82, 2.24) is 0 Å². The lowest BCUT2D eigenvalue weighted by atomic mass is 10.0. The molecule has 0 aliphatic heterocycles. The van der Waals surface area contributed by atoms with E-state index in [-0.39, 0.29) is 12.5 Å². The van der Waals surface area contributed by atoms with Gasteiger partial charge in [0.15, 0.2) is 0 Å². The first-order valence-corrected chi connectivity index (χ1v) is 4.09. The maximum absolute atomic E-state index is 10.0. The smallest absolute Gasteiger partial charge is 0.431 e. The van der Waals surface area contributed by atoms with Crippen molar-refractivity contribution in [3.63, 3.8) is 0 Å². The largest absolute Gasteiger partial charge is 0.550 e. The van der Waals surface area contributed by atoms with Crippen molar-refractivity contribution in [2.45, 2.75) is 12.8 Å². The first-order valence-electron chi connectivity index (χ1n) is 4.09. The summed E-state index contributed by atoms with van der Waals surface area (Å²) >= 11 is 0. The maximum atomic E-state index is 10.0. The lowest BCUT2D eigenvalue weighted by Crippen LogP contribution is -2.07. The van der Waals surface area contributed by atoms with Gasteiger partial charge in [-0.05, 0) is 5.56 Å². The number of carbonyl (C=O) groups is 1. The molecule has 1 aromatic rings. The molecule has 0 spiro atoms. The van der Waals surface area contributed by atoms with Crippen molar-refractivity contribution in [2.24, 2.45) is 0 Å². The summed E-state index contributed by atoms with van der Waals surface area (Å²) in [5.74, 6) is 0.0686. The molecule has 0 saturated heterocycles. The Morgan fingerprint density at radius 2 is 2.00 bits per heavy atom. The SMILES string of the molecule is CC(COC([O])=O)c1ccccc1. The van der Waals surface area contributed by atoms with Crippen molar-refractivity contribution in [2.75, 3.05) is 6.61 Å². The second-order valence-electron chi connectivity index (χ2n) is 2.87. The third kappa shape index (κ3) is 3.15. The van der Waals surface area contributed by atoms with Crippen molar-refractivity contribution >= 4 is 6.16 Å². The molecular weight excluding hydrogens is 168 g/mol. The molecular formula is C10H11O3. The average molecular weight is 179 g/mol. The summed E-state index contributed by atoms with van der Waals surface area (Å²) in [6, 6.07) is 9.60. The maximum Gasteiger partial charge on any atom is 0.550 e. The van der Waals surface area contributed by atoms with Crippen LogP contribution in [-0.2, 0) is 9.84 Å². The van der Waals surface area contributed by atoms with Gasteiger partial charge >= 0.3 is 6.16 Å². The number of ether oxygens (including phenoxy) is 1. The molecule has 1 rings (SSSR count). The van der Waals surface area contributed by atoms with Gasteiger partial charge in [0.05, 0.1) is 0 Å². The average Bonchev–Trinajstić information content (AvgIpc) is 2.15. The van der Waals surface area contributed by atoms with Crippen LogP contribution in [0, 0.1) is 0 Å². The highest BCUT2D eigenvalue weighted by atomic mass is 16.7. The summed E-state index contributed by atoms with van der Waals surface area (Å²) in [4.78, 5) is 10.0. The molecule has 0 N–H and O–H groups in total. The minimum Gasteiger partial charge on any atom is -0.431 e. The molecule has 69 valence electrons. The van der Waals surface area contributed by atoms with Crippen molar-refractivity contribution in [3.8, 4) is 0 Å². The fraction of sp³-hybridized carbons (Fsp3) is 0.300. The molecule has 0 bridgehead atoms. The predicted molar refractivity (Wildman–Crippen MR) is 46.9 cm³/mol. The van der Waals surface area contributed by atoms with Crippen LogP contribution in [0.2, 0.25) is 0 Å². The Morgan fingerprint density at radius 3 is 2.54 bits per heavy atom. The minimum atomic E-state index is -1.47. The van der Waals surface area contributed by atoms with Gasteiger partial charge in [0.1, 0.15) is 6.61 Å². The molecule has 1 unspecified atom stereocenters. The standard InChI is InChI=1S/C10H11O3/c1-8(7-13-10(11)12)9-5-3-2-4-6-9/h2-6,8H,7H2,1H3. The predicted octanol–water partition coefficient (Wildman–Crippen LogP) is 2.36. The van der Waals surface area contributed by atoms with Crippen LogP contribution in [0.1, 0.15) is 18.4 Å². The van der Waals surface area contributed by atoms with E-state index in [0.29, 0.717) is 0 Å². The van der Waals surface area contributed by atoms with Gasteiger partial charge in [0.25, 0.3) is 0 Å². The Labute approximate surface area is 77.0 Å². The second kappa shape index (κ2) is 4.50. The normalized spacial score (nSPS) is 12.1.